The van der Waals surface area contributed by atoms with Gasteiger partial charge in [0.15, 0.2) is 0 Å². The number of pyridine rings is 2. The third-order valence-corrected chi connectivity index (χ3v) is 4.76. The number of fused-ring (bicyclic) bond motifs is 1. The van der Waals surface area contributed by atoms with Crippen LogP contribution in [0.25, 0.3) is 16.6 Å². The summed E-state index contributed by atoms with van der Waals surface area (Å²) in [6.45, 7) is 7.16. The van der Waals surface area contributed by atoms with E-state index in [4.69, 9.17) is 4.98 Å². The van der Waals surface area contributed by atoms with Crippen LogP contribution in [0.4, 0.5) is 20.3 Å². The number of hydrogen-bond donors (Lipinski definition) is 1. The van der Waals surface area contributed by atoms with Crippen molar-refractivity contribution < 1.29 is 8.78 Å². The van der Waals surface area contributed by atoms with E-state index in [9.17, 15) is 8.78 Å². The Balaban J connectivity index is 2.05. The maximum Gasteiger partial charge on any atom is 0.133 e. The van der Waals surface area contributed by atoms with Gasteiger partial charge in [-0.2, -0.15) is 0 Å². The highest BCUT2D eigenvalue weighted by molar-refractivity contribution is 6.10. The maximum absolute atomic E-state index is 13.9. The molecule has 0 spiro atoms. The minimum atomic E-state index is -0.627. The highest BCUT2D eigenvalue weighted by Gasteiger charge is 2.15. The number of nitrogens with zero attached hydrogens (tertiary/aromatic N) is 4. The van der Waals surface area contributed by atoms with Crippen LogP contribution in [0, 0.1) is 11.6 Å². The molecule has 0 amide bonds. The van der Waals surface area contributed by atoms with Gasteiger partial charge in [0.2, 0.25) is 0 Å². The molecule has 0 aliphatic heterocycles. The molecule has 0 saturated carbocycles. The van der Waals surface area contributed by atoms with E-state index in [2.05, 4.69) is 15.3 Å². The third-order valence-electron chi connectivity index (χ3n) is 4.76. The van der Waals surface area contributed by atoms with Crippen molar-refractivity contribution in [2.75, 3.05) is 25.0 Å². The lowest BCUT2D eigenvalue weighted by Crippen LogP contribution is -2.33. The largest absolute Gasteiger partial charge is 0.325 e. The Morgan fingerprint density at radius 1 is 1.13 bits per heavy atom. The van der Waals surface area contributed by atoms with Crippen molar-refractivity contribution in [2.24, 2.45) is 4.99 Å². The SMILES string of the molecule is C/C=C(\C=N/C)c1cnc2ccc(N(CCNC(C)C)c3cc(F)cc(F)c3)nc2c1. The molecule has 2 heterocycles. The Morgan fingerprint density at radius 3 is 2.52 bits per heavy atom. The second-order valence-corrected chi connectivity index (χ2v) is 7.45. The molecular weight excluding hydrogens is 396 g/mol. The molecule has 5 nitrogen and oxygen atoms in total. The summed E-state index contributed by atoms with van der Waals surface area (Å²) in [5.74, 6) is -0.663. The number of anilines is 2. The Hall–Kier alpha value is -3.19. The Labute approximate surface area is 181 Å². The molecule has 1 N–H and O–H groups in total. The van der Waals surface area contributed by atoms with Crippen molar-refractivity contribution >= 4 is 34.3 Å². The molecule has 2 aromatic heterocycles. The Morgan fingerprint density at radius 2 is 1.87 bits per heavy atom. The minimum absolute atomic E-state index is 0.293. The second-order valence-electron chi connectivity index (χ2n) is 7.45. The molecule has 0 bridgehead atoms. The minimum Gasteiger partial charge on any atom is -0.325 e. The van der Waals surface area contributed by atoms with Crippen LogP contribution in [0.15, 0.2) is 53.7 Å². The summed E-state index contributed by atoms with van der Waals surface area (Å²) in [5.41, 5.74) is 3.68. The molecular formula is C24H27F2N5. The number of hydrogen-bond acceptors (Lipinski definition) is 5. The van der Waals surface area contributed by atoms with E-state index in [0.29, 0.717) is 36.2 Å². The lowest BCUT2D eigenvalue weighted by molar-refractivity contribution is 0.578. The molecule has 0 saturated heterocycles. The van der Waals surface area contributed by atoms with Gasteiger partial charge in [-0.25, -0.2) is 13.8 Å². The highest BCUT2D eigenvalue weighted by atomic mass is 19.1. The van der Waals surface area contributed by atoms with Crippen molar-refractivity contribution in [3.8, 4) is 0 Å². The molecule has 0 atom stereocenters. The van der Waals surface area contributed by atoms with Crippen LogP contribution in [0.1, 0.15) is 26.3 Å². The first-order valence-corrected chi connectivity index (χ1v) is 10.2. The topological polar surface area (TPSA) is 53.4 Å². The summed E-state index contributed by atoms with van der Waals surface area (Å²) in [6, 6.07) is 9.41. The molecule has 162 valence electrons. The van der Waals surface area contributed by atoms with Gasteiger partial charge in [0.25, 0.3) is 0 Å². The summed E-state index contributed by atoms with van der Waals surface area (Å²) < 4.78 is 27.9. The predicted molar refractivity (Wildman–Crippen MR) is 124 cm³/mol. The average molecular weight is 424 g/mol. The molecule has 0 radical (unpaired) electrons. The van der Waals surface area contributed by atoms with E-state index < -0.39 is 11.6 Å². The van der Waals surface area contributed by atoms with E-state index in [1.807, 2.05) is 45.0 Å². The molecule has 31 heavy (non-hydrogen) atoms. The zero-order valence-electron chi connectivity index (χ0n) is 18.2. The summed E-state index contributed by atoms with van der Waals surface area (Å²) in [7, 11) is 1.72. The van der Waals surface area contributed by atoms with Gasteiger partial charge in [-0.15, -0.1) is 0 Å². The second kappa shape index (κ2) is 10.2. The molecule has 0 unspecified atom stereocenters. The fourth-order valence-corrected chi connectivity index (χ4v) is 3.29. The van der Waals surface area contributed by atoms with Gasteiger partial charge in [0, 0.05) is 55.9 Å². The number of rotatable bonds is 8. The van der Waals surface area contributed by atoms with Crippen molar-refractivity contribution in [1.82, 2.24) is 15.3 Å². The zero-order valence-corrected chi connectivity index (χ0v) is 18.2. The van der Waals surface area contributed by atoms with Crippen LogP contribution in [-0.4, -0.2) is 42.4 Å². The fraction of sp³-hybridized carbons (Fsp3) is 0.292. The monoisotopic (exact) mass is 423 g/mol. The lowest BCUT2D eigenvalue weighted by Gasteiger charge is -2.25. The molecule has 7 heteroatoms. The molecule has 0 aliphatic rings. The summed E-state index contributed by atoms with van der Waals surface area (Å²) in [6.07, 6.45) is 5.51. The molecule has 3 aromatic rings. The summed E-state index contributed by atoms with van der Waals surface area (Å²) in [5, 5.41) is 3.34. The van der Waals surface area contributed by atoms with Crippen molar-refractivity contribution in [3.63, 3.8) is 0 Å². The molecule has 0 fully saturated rings. The maximum atomic E-state index is 13.9. The molecule has 0 aliphatic carbocycles. The van der Waals surface area contributed by atoms with Crippen molar-refractivity contribution in [3.05, 3.63) is 65.9 Å². The third kappa shape index (κ3) is 5.70. The predicted octanol–water partition coefficient (Wildman–Crippen LogP) is 5.15. The fourth-order valence-electron chi connectivity index (χ4n) is 3.29. The Kier molecular flexibility index (Phi) is 7.41. The standard InChI is InChI=1S/C24H27F2N5/c1-5-17(14-27-4)18-10-23-22(29-15-18)6-7-24(30-23)31(9-8-28-16(2)3)21-12-19(25)11-20(26)13-21/h5-7,10-16,28H,8-9H2,1-4H3/b17-5+,27-14-. The quantitative estimate of drug-likeness (QED) is 0.509. The summed E-state index contributed by atoms with van der Waals surface area (Å²) in [4.78, 5) is 15.2. The van der Waals surface area contributed by atoms with E-state index in [0.717, 1.165) is 22.7 Å². The zero-order chi connectivity index (χ0) is 22.4. The van der Waals surface area contributed by atoms with Gasteiger partial charge in [-0.1, -0.05) is 19.9 Å². The summed E-state index contributed by atoms with van der Waals surface area (Å²) >= 11 is 0. The van der Waals surface area contributed by atoms with Gasteiger partial charge in [-0.3, -0.25) is 9.98 Å². The normalized spacial score (nSPS) is 12.3. The lowest BCUT2D eigenvalue weighted by atomic mass is 10.1. The van der Waals surface area contributed by atoms with Crippen LogP contribution in [0.2, 0.25) is 0 Å². The van der Waals surface area contributed by atoms with E-state index in [1.165, 1.54) is 12.1 Å². The van der Waals surface area contributed by atoms with Gasteiger partial charge >= 0.3 is 0 Å². The van der Waals surface area contributed by atoms with E-state index in [1.54, 1.807) is 24.4 Å². The van der Waals surface area contributed by atoms with E-state index >= 15 is 0 Å². The first kappa shape index (κ1) is 22.5. The van der Waals surface area contributed by atoms with Crippen molar-refractivity contribution in [1.29, 1.82) is 0 Å². The smallest absolute Gasteiger partial charge is 0.133 e. The van der Waals surface area contributed by atoms with Crippen LogP contribution in [0.3, 0.4) is 0 Å². The van der Waals surface area contributed by atoms with Crippen molar-refractivity contribution in [2.45, 2.75) is 26.8 Å². The highest BCUT2D eigenvalue weighted by Crippen LogP contribution is 2.27. The first-order valence-electron chi connectivity index (χ1n) is 10.2. The van der Waals surface area contributed by atoms with E-state index in [-0.39, 0.29) is 0 Å². The number of benzene rings is 1. The average Bonchev–Trinajstić information content (AvgIpc) is 2.73. The van der Waals surface area contributed by atoms with Gasteiger partial charge in [0.1, 0.15) is 17.5 Å². The first-order chi connectivity index (χ1) is 14.9. The Bertz CT molecular complexity index is 1090. The molecule has 1 aromatic carbocycles. The van der Waals surface area contributed by atoms with Crippen LogP contribution < -0.4 is 10.2 Å². The number of allylic oxidation sites excluding steroid dienone is 2. The number of aliphatic imine (C=N–C) groups is 1. The number of halogens is 2. The van der Waals surface area contributed by atoms with Gasteiger partial charge < -0.3 is 10.2 Å². The van der Waals surface area contributed by atoms with Gasteiger partial charge in [-0.05, 0) is 42.8 Å². The number of nitrogens with one attached hydrogen (secondary N) is 1. The van der Waals surface area contributed by atoms with Crippen LogP contribution in [-0.2, 0) is 0 Å². The van der Waals surface area contributed by atoms with Crippen LogP contribution in [0.5, 0.6) is 0 Å². The number of aromatic nitrogens is 2. The van der Waals surface area contributed by atoms with Gasteiger partial charge in [0.05, 0.1) is 11.0 Å². The molecule has 3 rings (SSSR count). The van der Waals surface area contributed by atoms with Crippen LogP contribution >= 0.6 is 0 Å².